The summed E-state index contributed by atoms with van der Waals surface area (Å²) in [6, 6.07) is 9.58. The minimum absolute atomic E-state index is 0.140. The summed E-state index contributed by atoms with van der Waals surface area (Å²) in [5, 5.41) is 12.6. The standard InChI is InChI=1S/C19H22N4O2/c1-2-25-19-17(22-15-10-6-7-11-16(15)23-19)14(12-20)18(24)21-13-8-4-3-5-9-13/h6-7,10-11,13-14H,2-5,8-9H2,1H3,(H,21,24)/t14-/m1/s1. The maximum atomic E-state index is 12.7. The van der Waals surface area contributed by atoms with E-state index in [4.69, 9.17) is 4.74 Å². The van der Waals surface area contributed by atoms with Crippen LogP contribution >= 0.6 is 0 Å². The minimum atomic E-state index is -1.03. The lowest BCUT2D eigenvalue weighted by Gasteiger charge is -2.24. The third-order valence-corrected chi connectivity index (χ3v) is 4.46. The smallest absolute Gasteiger partial charge is 0.243 e. The third kappa shape index (κ3) is 3.87. The summed E-state index contributed by atoms with van der Waals surface area (Å²) in [6.07, 6.45) is 5.36. The second-order valence-corrected chi connectivity index (χ2v) is 6.24. The molecule has 1 aromatic heterocycles. The lowest BCUT2D eigenvalue weighted by molar-refractivity contribution is -0.122. The Morgan fingerprint density at radius 3 is 2.60 bits per heavy atom. The molecule has 1 aliphatic rings. The van der Waals surface area contributed by atoms with Crippen molar-refractivity contribution in [2.75, 3.05) is 6.61 Å². The second-order valence-electron chi connectivity index (χ2n) is 6.24. The zero-order chi connectivity index (χ0) is 17.6. The van der Waals surface area contributed by atoms with E-state index in [2.05, 4.69) is 21.4 Å². The van der Waals surface area contributed by atoms with Crippen molar-refractivity contribution < 1.29 is 9.53 Å². The first-order valence-electron chi connectivity index (χ1n) is 8.82. The fourth-order valence-corrected chi connectivity index (χ4v) is 3.20. The van der Waals surface area contributed by atoms with Gasteiger partial charge in [0.05, 0.1) is 23.7 Å². The number of benzene rings is 1. The van der Waals surface area contributed by atoms with Crippen LogP contribution in [0.3, 0.4) is 0 Å². The Morgan fingerprint density at radius 1 is 1.28 bits per heavy atom. The molecule has 1 aliphatic carbocycles. The van der Waals surface area contributed by atoms with Gasteiger partial charge in [-0.3, -0.25) is 4.79 Å². The molecule has 130 valence electrons. The predicted octanol–water partition coefficient (Wildman–Crippen LogP) is 3.08. The van der Waals surface area contributed by atoms with Gasteiger partial charge in [0, 0.05) is 6.04 Å². The number of fused-ring (bicyclic) bond motifs is 1. The number of aromatic nitrogens is 2. The van der Waals surface area contributed by atoms with Crippen molar-refractivity contribution in [1.29, 1.82) is 5.26 Å². The normalized spacial score (nSPS) is 16.2. The van der Waals surface area contributed by atoms with Crippen LogP contribution in [0.15, 0.2) is 24.3 Å². The van der Waals surface area contributed by atoms with E-state index in [9.17, 15) is 10.1 Å². The van der Waals surface area contributed by atoms with E-state index in [1.165, 1.54) is 6.42 Å². The molecule has 1 aromatic carbocycles. The number of ether oxygens (including phenoxy) is 1. The predicted molar refractivity (Wildman–Crippen MR) is 94.1 cm³/mol. The third-order valence-electron chi connectivity index (χ3n) is 4.46. The highest BCUT2D eigenvalue weighted by atomic mass is 16.5. The van der Waals surface area contributed by atoms with Crippen LogP contribution in [0.25, 0.3) is 11.0 Å². The summed E-state index contributed by atoms with van der Waals surface area (Å²) in [7, 11) is 0. The number of hydrogen-bond acceptors (Lipinski definition) is 5. The summed E-state index contributed by atoms with van der Waals surface area (Å²) in [4.78, 5) is 21.6. The molecule has 2 aromatic rings. The number of nitrogens with one attached hydrogen (secondary N) is 1. The zero-order valence-corrected chi connectivity index (χ0v) is 14.4. The summed E-state index contributed by atoms with van der Waals surface area (Å²) in [5.41, 5.74) is 1.61. The van der Waals surface area contributed by atoms with Gasteiger partial charge in [0.2, 0.25) is 11.8 Å². The van der Waals surface area contributed by atoms with Gasteiger partial charge in [0.15, 0.2) is 5.92 Å². The Labute approximate surface area is 147 Å². The van der Waals surface area contributed by atoms with E-state index in [1.54, 1.807) is 0 Å². The maximum absolute atomic E-state index is 12.7. The largest absolute Gasteiger partial charge is 0.477 e. The summed E-state index contributed by atoms with van der Waals surface area (Å²) in [6.45, 7) is 2.23. The van der Waals surface area contributed by atoms with E-state index >= 15 is 0 Å². The van der Waals surface area contributed by atoms with Gasteiger partial charge in [0.25, 0.3) is 0 Å². The van der Waals surface area contributed by atoms with Crippen LogP contribution in [0.5, 0.6) is 5.88 Å². The van der Waals surface area contributed by atoms with Gasteiger partial charge in [-0.25, -0.2) is 9.97 Å². The molecule has 0 bridgehead atoms. The molecule has 6 nitrogen and oxygen atoms in total. The van der Waals surface area contributed by atoms with E-state index < -0.39 is 5.92 Å². The topological polar surface area (TPSA) is 87.9 Å². The Morgan fingerprint density at radius 2 is 1.96 bits per heavy atom. The fourth-order valence-electron chi connectivity index (χ4n) is 3.20. The molecule has 3 rings (SSSR count). The first-order chi connectivity index (χ1) is 12.2. The molecule has 6 heteroatoms. The second kappa shape index (κ2) is 7.93. The van der Waals surface area contributed by atoms with Crippen molar-refractivity contribution in [1.82, 2.24) is 15.3 Å². The molecule has 1 fully saturated rings. The van der Waals surface area contributed by atoms with Gasteiger partial charge in [0.1, 0.15) is 5.69 Å². The quantitative estimate of drug-likeness (QED) is 0.905. The van der Waals surface area contributed by atoms with Gasteiger partial charge >= 0.3 is 0 Å². The molecule has 1 heterocycles. The molecule has 0 spiro atoms. The Hall–Kier alpha value is -2.68. The van der Waals surface area contributed by atoms with Gasteiger partial charge in [-0.05, 0) is 31.9 Å². The molecule has 25 heavy (non-hydrogen) atoms. The zero-order valence-electron chi connectivity index (χ0n) is 14.4. The molecule has 0 unspecified atom stereocenters. The first-order valence-corrected chi connectivity index (χ1v) is 8.82. The molecule has 0 radical (unpaired) electrons. The summed E-state index contributed by atoms with van der Waals surface area (Å²) < 4.78 is 5.56. The lowest BCUT2D eigenvalue weighted by Crippen LogP contribution is -2.39. The molecular weight excluding hydrogens is 316 g/mol. The van der Waals surface area contributed by atoms with Crippen LogP contribution in [0.1, 0.15) is 50.6 Å². The van der Waals surface area contributed by atoms with Crippen LogP contribution in [-0.4, -0.2) is 28.5 Å². The monoisotopic (exact) mass is 338 g/mol. The highest BCUT2D eigenvalue weighted by Crippen LogP contribution is 2.27. The Bertz CT molecular complexity index is 794. The van der Waals surface area contributed by atoms with Gasteiger partial charge in [-0.1, -0.05) is 31.4 Å². The average molecular weight is 338 g/mol. The van der Waals surface area contributed by atoms with Gasteiger partial charge < -0.3 is 10.1 Å². The average Bonchev–Trinajstić information content (AvgIpc) is 2.63. The first kappa shape index (κ1) is 17.2. The maximum Gasteiger partial charge on any atom is 0.243 e. The molecule has 1 atom stereocenters. The van der Waals surface area contributed by atoms with E-state index in [-0.39, 0.29) is 23.5 Å². The number of rotatable bonds is 5. The van der Waals surface area contributed by atoms with Crippen molar-refractivity contribution in [2.24, 2.45) is 0 Å². The number of para-hydroxylation sites is 2. The summed E-state index contributed by atoms with van der Waals surface area (Å²) >= 11 is 0. The SMILES string of the molecule is CCOc1nc2ccccc2nc1[C@@H](C#N)C(=O)NC1CCCCC1. The van der Waals surface area contributed by atoms with Crippen molar-refractivity contribution in [3.05, 3.63) is 30.0 Å². The van der Waals surface area contributed by atoms with Gasteiger partial charge in [-0.15, -0.1) is 0 Å². The van der Waals surface area contributed by atoms with E-state index in [0.29, 0.717) is 17.6 Å². The molecule has 1 saturated carbocycles. The van der Waals surface area contributed by atoms with Crippen LogP contribution in [-0.2, 0) is 4.79 Å². The van der Waals surface area contributed by atoms with E-state index in [1.807, 2.05) is 31.2 Å². The fraction of sp³-hybridized carbons (Fsp3) is 0.474. The number of amides is 1. The molecule has 1 N–H and O–H groups in total. The highest BCUT2D eigenvalue weighted by Gasteiger charge is 2.29. The van der Waals surface area contributed by atoms with Crippen molar-refractivity contribution in [3.8, 4) is 11.9 Å². The van der Waals surface area contributed by atoms with E-state index in [0.717, 1.165) is 25.7 Å². The number of carbonyl (C=O) groups excluding carboxylic acids is 1. The minimum Gasteiger partial charge on any atom is -0.477 e. The van der Waals surface area contributed by atoms with Crippen molar-refractivity contribution >= 4 is 16.9 Å². The lowest BCUT2D eigenvalue weighted by atomic mass is 9.94. The van der Waals surface area contributed by atoms with Gasteiger partial charge in [-0.2, -0.15) is 5.26 Å². The van der Waals surface area contributed by atoms with Crippen LogP contribution in [0.2, 0.25) is 0 Å². The Balaban J connectivity index is 1.91. The number of hydrogen-bond donors (Lipinski definition) is 1. The number of nitriles is 1. The van der Waals surface area contributed by atoms with Crippen LogP contribution < -0.4 is 10.1 Å². The molecule has 0 saturated heterocycles. The highest BCUT2D eigenvalue weighted by molar-refractivity contribution is 5.87. The van der Waals surface area contributed by atoms with Crippen molar-refractivity contribution in [3.63, 3.8) is 0 Å². The van der Waals surface area contributed by atoms with Crippen LogP contribution in [0, 0.1) is 11.3 Å². The summed E-state index contributed by atoms with van der Waals surface area (Å²) in [5.74, 6) is -1.09. The van der Waals surface area contributed by atoms with Crippen LogP contribution in [0.4, 0.5) is 0 Å². The molecule has 0 aliphatic heterocycles. The number of nitrogens with zero attached hydrogens (tertiary/aromatic N) is 3. The molecular formula is C19H22N4O2. The molecule has 1 amide bonds. The Kier molecular flexibility index (Phi) is 5.44. The van der Waals surface area contributed by atoms with Crippen molar-refractivity contribution in [2.45, 2.75) is 51.0 Å². The number of carbonyl (C=O) groups is 1.